The van der Waals surface area contributed by atoms with E-state index in [1.165, 1.54) is 13.1 Å². The number of amides is 1. The number of fused-ring (bicyclic) bond motifs is 1. The molecule has 1 saturated heterocycles. The zero-order chi connectivity index (χ0) is 8.84. The second-order valence-electron chi connectivity index (χ2n) is 4.67. The van der Waals surface area contributed by atoms with E-state index in [2.05, 4.69) is 10.6 Å². The van der Waals surface area contributed by atoms with Crippen LogP contribution in [-0.2, 0) is 4.79 Å². The maximum atomic E-state index is 11.3. The van der Waals surface area contributed by atoms with E-state index in [0.717, 1.165) is 37.1 Å². The Morgan fingerprint density at radius 1 is 1.31 bits per heavy atom. The summed E-state index contributed by atoms with van der Waals surface area (Å²) >= 11 is 0. The Labute approximate surface area is 78.3 Å². The molecular weight excluding hydrogens is 164 g/mol. The van der Waals surface area contributed by atoms with E-state index in [1.807, 2.05) is 0 Å². The molecule has 13 heavy (non-hydrogen) atoms. The van der Waals surface area contributed by atoms with Gasteiger partial charge < -0.3 is 10.6 Å². The van der Waals surface area contributed by atoms with Crippen molar-refractivity contribution in [2.45, 2.75) is 12.8 Å². The van der Waals surface area contributed by atoms with Crippen molar-refractivity contribution in [3.63, 3.8) is 0 Å². The lowest BCUT2D eigenvalue weighted by Crippen LogP contribution is -2.29. The highest BCUT2D eigenvalue weighted by Gasteiger charge is 2.52. The topological polar surface area (TPSA) is 41.1 Å². The van der Waals surface area contributed by atoms with E-state index >= 15 is 0 Å². The second-order valence-corrected chi connectivity index (χ2v) is 4.67. The molecule has 2 atom stereocenters. The molecule has 3 rings (SSSR count). The fourth-order valence-electron chi connectivity index (χ4n) is 2.56. The summed E-state index contributed by atoms with van der Waals surface area (Å²) in [6.45, 7) is 3.29. The molecule has 0 aromatic heterocycles. The Balaban J connectivity index is 1.42. The van der Waals surface area contributed by atoms with Crippen LogP contribution >= 0.6 is 0 Å². The van der Waals surface area contributed by atoms with Crippen LogP contribution in [0.25, 0.3) is 0 Å². The maximum absolute atomic E-state index is 11.3. The predicted molar refractivity (Wildman–Crippen MR) is 49.1 cm³/mol. The largest absolute Gasteiger partial charge is 0.356 e. The molecule has 1 aliphatic heterocycles. The van der Waals surface area contributed by atoms with Crippen molar-refractivity contribution in [2.24, 2.45) is 23.7 Å². The van der Waals surface area contributed by atoms with Gasteiger partial charge in [0, 0.05) is 12.5 Å². The van der Waals surface area contributed by atoms with Crippen molar-refractivity contribution in [2.75, 3.05) is 19.6 Å². The molecule has 0 radical (unpaired) electrons. The van der Waals surface area contributed by atoms with Crippen LogP contribution < -0.4 is 10.6 Å². The molecule has 72 valence electrons. The molecule has 3 nitrogen and oxygen atoms in total. The van der Waals surface area contributed by atoms with Crippen molar-refractivity contribution in [3.05, 3.63) is 0 Å². The van der Waals surface area contributed by atoms with E-state index in [-0.39, 0.29) is 0 Å². The molecule has 1 amide bonds. The smallest absolute Gasteiger partial charge is 0.223 e. The van der Waals surface area contributed by atoms with Crippen LogP contribution in [0.15, 0.2) is 0 Å². The third kappa shape index (κ3) is 1.35. The first kappa shape index (κ1) is 7.80. The van der Waals surface area contributed by atoms with E-state index in [9.17, 15) is 4.79 Å². The lowest BCUT2D eigenvalue weighted by atomic mass is 10.2. The lowest BCUT2D eigenvalue weighted by molar-refractivity contribution is -0.122. The quantitative estimate of drug-likeness (QED) is 0.641. The molecular formula is C10H16N2O. The van der Waals surface area contributed by atoms with Crippen molar-refractivity contribution in [3.8, 4) is 0 Å². The second kappa shape index (κ2) is 2.71. The fourth-order valence-corrected chi connectivity index (χ4v) is 2.56. The molecule has 2 N–H and O–H groups in total. The van der Waals surface area contributed by atoms with Crippen LogP contribution in [0, 0.1) is 23.7 Å². The highest BCUT2D eigenvalue weighted by molar-refractivity contribution is 5.80. The van der Waals surface area contributed by atoms with Crippen molar-refractivity contribution < 1.29 is 4.79 Å². The zero-order valence-corrected chi connectivity index (χ0v) is 7.75. The monoisotopic (exact) mass is 180 g/mol. The SMILES string of the molecule is O=C(NCC1C2CNCC21)C1CC1. The van der Waals surface area contributed by atoms with Gasteiger partial charge in [0.15, 0.2) is 0 Å². The molecule has 2 saturated carbocycles. The molecule has 1 heterocycles. The van der Waals surface area contributed by atoms with Gasteiger partial charge in [-0.25, -0.2) is 0 Å². The summed E-state index contributed by atoms with van der Waals surface area (Å²) in [5, 5.41) is 6.43. The van der Waals surface area contributed by atoms with Gasteiger partial charge in [0.25, 0.3) is 0 Å². The average molecular weight is 180 g/mol. The van der Waals surface area contributed by atoms with E-state index in [0.29, 0.717) is 11.8 Å². The highest BCUT2D eigenvalue weighted by Crippen LogP contribution is 2.48. The molecule has 3 heteroatoms. The third-order valence-corrected chi connectivity index (χ3v) is 3.73. The van der Waals surface area contributed by atoms with Crippen LogP contribution in [0.1, 0.15) is 12.8 Å². The van der Waals surface area contributed by atoms with Crippen LogP contribution in [-0.4, -0.2) is 25.5 Å². The zero-order valence-electron chi connectivity index (χ0n) is 7.75. The maximum Gasteiger partial charge on any atom is 0.223 e. The summed E-state index contributed by atoms with van der Waals surface area (Å²) in [5.74, 6) is 3.22. The van der Waals surface area contributed by atoms with Crippen molar-refractivity contribution >= 4 is 5.91 Å². The Morgan fingerprint density at radius 3 is 2.62 bits per heavy atom. The van der Waals surface area contributed by atoms with Gasteiger partial charge in [0.1, 0.15) is 0 Å². The minimum Gasteiger partial charge on any atom is -0.356 e. The van der Waals surface area contributed by atoms with Crippen LogP contribution in [0.3, 0.4) is 0 Å². The van der Waals surface area contributed by atoms with Gasteiger partial charge in [0.2, 0.25) is 5.91 Å². The van der Waals surface area contributed by atoms with Gasteiger partial charge in [-0.05, 0) is 43.7 Å². The Morgan fingerprint density at radius 2 is 2.00 bits per heavy atom. The summed E-state index contributed by atoms with van der Waals surface area (Å²) in [6.07, 6.45) is 2.23. The Bertz CT molecular complexity index is 227. The molecule has 2 unspecified atom stereocenters. The van der Waals surface area contributed by atoms with E-state index < -0.39 is 0 Å². The molecule has 0 aromatic carbocycles. The summed E-state index contributed by atoms with van der Waals surface area (Å²) in [5.41, 5.74) is 0. The van der Waals surface area contributed by atoms with Gasteiger partial charge in [0.05, 0.1) is 0 Å². The summed E-state index contributed by atoms with van der Waals surface area (Å²) in [7, 11) is 0. The average Bonchev–Trinajstić information content (AvgIpc) is 3.03. The van der Waals surface area contributed by atoms with Gasteiger partial charge in [-0.2, -0.15) is 0 Å². The van der Waals surface area contributed by atoms with Crippen LogP contribution in [0.2, 0.25) is 0 Å². The van der Waals surface area contributed by atoms with Gasteiger partial charge >= 0.3 is 0 Å². The Hall–Kier alpha value is -0.570. The number of carbonyl (C=O) groups is 1. The number of piperidine rings is 1. The molecule has 3 fully saturated rings. The fraction of sp³-hybridized carbons (Fsp3) is 0.900. The molecule has 0 bridgehead atoms. The molecule has 2 aliphatic carbocycles. The standard InChI is InChI=1S/C10H16N2O/c13-10(6-1-2-6)12-5-9-7-3-11-4-8(7)9/h6-9,11H,1-5H2,(H,12,13). The highest BCUT2D eigenvalue weighted by atomic mass is 16.2. The van der Waals surface area contributed by atoms with Crippen molar-refractivity contribution in [1.82, 2.24) is 10.6 Å². The minimum atomic E-state index is 0.304. The number of hydrogen-bond donors (Lipinski definition) is 2. The van der Waals surface area contributed by atoms with E-state index in [1.54, 1.807) is 0 Å². The first-order valence-electron chi connectivity index (χ1n) is 5.34. The Kier molecular flexibility index (Phi) is 1.62. The molecule has 0 spiro atoms. The summed E-state index contributed by atoms with van der Waals surface area (Å²) < 4.78 is 0. The van der Waals surface area contributed by atoms with Crippen molar-refractivity contribution in [1.29, 1.82) is 0 Å². The van der Waals surface area contributed by atoms with Gasteiger partial charge in [-0.15, -0.1) is 0 Å². The first-order valence-corrected chi connectivity index (χ1v) is 5.34. The third-order valence-electron chi connectivity index (χ3n) is 3.73. The number of carbonyl (C=O) groups excluding carboxylic acids is 1. The van der Waals surface area contributed by atoms with Crippen LogP contribution in [0.4, 0.5) is 0 Å². The van der Waals surface area contributed by atoms with E-state index in [4.69, 9.17) is 0 Å². The molecule has 0 aromatic rings. The first-order chi connectivity index (χ1) is 6.36. The predicted octanol–water partition coefficient (Wildman–Crippen LogP) is -0.0220. The number of rotatable bonds is 3. The minimum absolute atomic E-state index is 0.304. The van der Waals surface area contributed by atoms with Gasteiger partial charge in [-0.1, -0.05) is 0 Å². The number of nitrogens with one attached hydrogen (secondary N) is 2. The lowest BCUT2D eigenvalue weighted by Gasteiger charge is -2.05. The summed E-state index contributed by atoms with van der Waals surface area (Å²) in [6, 6.07) is 0. The van der Waals surface area contributed by atoms with Crippen LogP contribution in [0.5, 0.6) is 0 Å². The summed E-state index contributed by atoms with van der Waals surface area (Å²) in [4.78, 5) is 11.3. The van der Waals surface area contributed by atoms with Gasteiger partial charge in [-0.3, -0.25) is 4.79 Å². The molecule has 3 aliphatic rings. The normalized spacial score (nSPS) is 41.4. The number of hydrogen-bond acceptors (Lipinski definition) is 2.